The maximum Gasteiger partial charge on any atom is 0.231 e. The summed E-state index contributed by atoms with van der Waals surface area (Å²) >= 11 is 18.2. The van der Waals surface area contributed by atoms with E-state index in [9.17, 15) is 14.4 Å². The van der Waals surface area contributed by atoms with E-state index in [1.54, 1.807) is 19.0 Å². The van der Waals surface area contributed by atoms with Crippen molar-refractivity contribution in [3.63, 3.8) is 0 Å². The fourth-order valence-electron chi connectivity index (χ4n) is 13.4. The molecule has 3 amide bonds. The number of fused-ring (bicyclic) bond motifs is 3. The highest BCUT2D eigenvalue weighted by molar-refractivity contribution is 6.31. The first kappa shape index (κ1) is 74.2. The minimum atomic E-state index is -0.262. The Morgan fingerprint density at radius 1 is 0.490 bits per heavy atom. The third kappa shape index (κ3) is 18.3. The Labute approximate surface area is 604 Å². The van der Waals surface area contributed by atoms with Crippen molar-refractivity contribution in [2.45, 2.75) is 103 Å². The number of anilines is 8. The Bertz CT molecular complexity index is 3670. The van der Waals surface area contributed by atoms with Crippen LogP contribution in [0.3, 0.4) is 0 Å². The molecule has 9 heterocycles. The largest absolute Gasteiger partial charge is 0.471 e. The molecule has 27 heteroatoms. The van der Waals surface area contributed by atoms with Crippen LogP contribution in [0.5, 0.6) is 0 Å². The van der Waals surface area contributed by atoms with Crippen molar-refractivity contribution in [2.75, 3.05) is 159 Å². The molecule has 0 saturated carbocycles. The van der Waals surface area contributed by atoms with Crippen molar-refractivity contribution < 1.29 is 19.1 Å². The molecular formula is C73H97Cl3N20O4. The second-order valence-corrected chi connectivity index (χ2v) is 28.5. The number of amides is 3. The first-order chi connectivity index (χ1) is 47.9. The van der Waals surface area contributed by atoms with Crippen LogP contribution in [0.2, 0.25) is 15.1 Å². The van der Waals surface area contributed by atoms with E-state index in [1.165, 1.54) is 0 Å². The molecule has 534 valence electrons. The first-order valence-corrected chi connectivity index (χ1v) is 35.6. The number of aromatic nitrogens is 6. The van der Waals surface area contributed by atoms with Gasteiger partial charge in [-0.1, -0.05) is 126 Å². The zero-order valence-electron chi connectivity index (χ0n) is 59.2. The smallest absolute Gasteiger partial charge is 0.231 e. The number of ether oxygens (including phenoxy) is 1. The lowest BCUT2D eigenvalue weighted by molar-refractivity contribution is -0.135. The van der Waals surface area contributed by atoms with Gasteiger partial charge in [0, 0.05) is 156 Å². The van der Waals surface area contributed by atoms with Crippen molar-refractivity contribution in [1.82, 2.24) is 60.6 Å². The molecule has 12 rings (SSSR count). The molecule has 3 saturated heterocycles. The summed E-state index contributed by atoms with van der Waals surface area (Å²) in [5.41, 5.74) is 7.63. The van der Waals surface area contributed by atoms with Crippen molar-refractivity contribution in [3.05, 3.63) is 166 Å². The van der Waals surface area contributed by atoms with Crippen molar-refractivity contribution in [1.29, 1.82) is 0 Å². The van der Waals surface area contributed by atoms with Gasteiger partial charge in [0.2, 0.25) is 17.7 Å². The van der Waals surface area contributed by atoms with Gasteiger partial charge in [0.1, 0.15) is 48.1 Å². The van der Waals surface area contributed by atoms with E-state index in [4.69, 9.17) is 39.5 Å². The van der Waals surface area contributed by atoms with Crippen molar-refractivity contribution in [2.24, 2.45) is 0 Å². The molecule has 5 atom stereocenters. The number of piperazine rings is 3. The van der Waals surface area contributed by atoms with E-state index < -0.39 is 0 Å². The van der Waals surface area contributed by atoms with Gasteiger partial charge in [-0.3, -0.25) is 14.4 Å². The van der Waals surface area contributed by atoms with Gasteiger partial charge in [-0.25, -0.2) is 29.9 Å². The fraction of sp³-hybridized carbons (Fsp3) is 0.466. The molecule has 100 heavy (non-hydrogen) atoms. The SMILES string of the molecule is C=C1CN(C)c2c(ncnc2N2CCN(C(=O)[C@H](CNC(C)C)c3ccc(Cl)cc3)CC2)N1.C=C1CN(C)c2c(ncnc2N2CCN(C(=O)[C@H](CNC(C)C)c3ccc(Cl)cc3)[C@@H](C)C2)N1.C=C1Nc2ncnc(N3CCN(C(=O)[C@H](CNC(C)C)c4ccc(Cl)cc4)CC3)c2C(C)O1. The van der Waals surface area contributed by atoms with E-state index in [1.807, 2.05) is 109 Å². The Balaban J connectivity index is 0.000000162. The number of halogens is 3. The second-order valence-electron chi connectivity index (χ2n) is 27.2. The number of nitrogens with zero attached hydrogens (tertiary/aromatic N) is 14. The molecule has 3 fully saturated rings. The number of hydrogen-bond donors (Lipinski definition) is 6. The highest BCUT2D eigenvalue weighted by Crippen LogP contribution is 2.41. The Morgan fingerprint density at radius 2 is 0.850 bits per heavy atom. The summed E-state index contributed by atoms with van der Waals surface area (Å²) in [6.07, 6.45) is 4.53. The van der Waals surface area contributed by atoms with E-state index in [-0.39, 0.29) is 47.6 Å². The van der Waals surface area contributed by atoms with Gasteiger partial charge in [0.25, 0.3) is 0 Å². The van der Waals surface area contributed by atoms with Crippen molar-refractivity contribution >= 4 is 98.8 Å². The third-order valence-corrected chi connectivity index (χ3v) is 19.3. The zero-order chi connectivity index (χ0) is 71.5. The van der Waals surface area contributed by atoms with E-state index in [0.717, 1.165) is 93.0 Å². The van der Waals surface area contributed by atoms with Crippen LogP contribution in [0.4, 0.5) is 46.3 Å². The van der Waals surface area contributed by atoms with Gasteiger partial charge < -0.3 is 75.8 Å². The molecule has 6 aliphatic heterocycles. The monoisotopic (exact) mass is 1420 g/mol. The predicted octanol–water partition coefficient (Wildman–Crippen LogP) is 9.79. The average molecular weight is 1430 g/mol. The maximum absolute atomic E-state index is 13.8. The van der Waals surface area contributed by atoms with E-state index >= 15 is 0 Å². The van der Waals surface area contributed by atoms with Crippen LogP contribution in [0.1, 0.15) is 102 Å². The van der Waals surface area contributed by atoms with Crippen LogP contribution in [-0.2, 0) is 19.1 Å². The third-order valence-electron chi connectivity index (χ3n) is 18.6. The van der Waals surface area contributed by atoms with E-state index in [2.05, 4.69) is 155 Å². The zero-order valence-corrected chi connectivity index (χ0v) is 61.5. The molecular weight excluding hydrogens is 1330 g/mol. The molecule has 6 aliphatic rings. The summed E-state index contributed by atoms with van der Waals surface area (Å²) in [7, 11) is 4.05. The van der Waals surface area contributed by atoms with Crippen LogP contribution in [0.25, 0.3) is 0 Å². The second kappa shape index (κ2) is 33.8. The number of nitrogens with one attached hydrogen (secondary N) is 6. The highest BCUT2D eigenvalue weighted by Gasteiger charge is 2.38. The van der Waals surface area contributed by atoms with Crippen LogP contribution in [-0.4, -0.2) is 205 Å². The van der Waals surface area contributed by atoms with Crippen molar-refractivity contribution in [3.8, 4) is 0 Å². The number of hydrogen-bond acceptors (Lipinski definition) is 21. The van der Waals surface area contributed by atoms with Gasteiger partial charge in [0.05, 0.1) is 36.4 Å². The molecule has 24 nitrogen and oxygen atoms in total. The summed E-state index contributed by atoms with van der Waals surface area (Å²) in [5, 5.41) is 21.9. The molecule has 6 N–H and O–H groups in total. The summed E-state index contributed by atoms with van der Waals surface area (Å²) in [6, 6.07) is 23.7. The highest BCUT2D eigenvalue weighted by atomic mass is 35.5. The summed E-state index contributed by atoms with van der Waals surface area (Å²) in [6.45, 7) is 39.1. The fourth-order valence-corrected chi connectivity index (χ4v) is 13.7. The number of benzene rings is 3. The number of carbonyl (C=O) groups is 3. The van der Waals surface area contributed by atoms with Gasteiger partial charge in [0.15, 0.2) is 29.2 Å². The lowest BCUT2D eigenvalue weighted by atomic mass is 9.96. The minimum absolute atomic E-state index is 0.0394. The molecule has 0 radical (unpaired) electrons. The summed E-state index contributed by atoms with van der Waals surface area (Å²) in [4.78, 5) is 84.5. The normalized spacial score (nSPS) is 18.5. The number of likely N-dealkylation sites (N-methyl/N-ethyl adjacent to an activating group) is 2. The Morgan fingerprint density at radius 3 is 1.25 bits per heavy atom. The predicted molar refractivity (Wildman–Crippen MR) is 403 cm³/mol. The average Bonchev–Trinajstić information content (AvgIpc) is 0.789. The number of rotatable bonds is 18. The molecule has 6 aromatic rings. The molecule has 3 aromatic heterocycles. The first-order valence-electron chi connectivity index (χ1n) is 34.5. The quantitative estimate of drug-likeness (QED) is 0.0470. The van der Waals surface area contributed by atoms with E-state index in [0.29, 0.717) is 131 Å². The van der Waals surface area contributed by atoms with Crippen LogP contribution >= 0.6 is 34.8 Å². The van der Waals surface area contributed by atoms with Gasteiger partial charge in [-0.2, -0.15) is 0 Å². The topological polar surface area (TPSA) is 236 Å². The summed E-state index contributed by atoms with van der Waals surface area (Å²) in [5.74, 6) is 5.04. The Kier molecular flexibility index (Phi) is 25.0. The minimum Gasteiger partial charge on any atom is -0.471 e. The lowest BCUT2D eigenvalue weighted by Gasteiger charge is -2.43. The molecule has 0 bridgehead atoms. The molecule has 0 spiro atoms. The van der Waals surface area contributed by atoms with Crippen LogP contribution in [0, 0.1) is 0 Å². The maximum atomic E-state index is 13.8. The van der Waals surface area contributed by atoms with Crippen LogP contribution < -0.4 is 56.4 Å². The van der Waals surface area contributed by atoms with Gasteiger partial charge >= 0.3 is 0 Å². The molecule has 3 aromatic carbocycles. The van der Waals surface area contributed by atoms with Gasteiger partial charge in [-0.15, -0.1) is 0 Å². The number of carbonyl (C=O) groups excluding carboxylic acids is 3. The summed E-state index contributed by atoms with van der Waals surface area (Å²) < 4.78 is 5.75. The van der Waals surface area contributed by atoms with Gasteiger partial charge in [-0.05, 0) is 73.5 Å². The molecule has 1 unspecified atom stereocenters. The molecule has 0 aliphatic carbocycles. The van der Waals surface area contributed by atoms with Crippen LogP contribution in [0.15, 0.2) is 129 Å². The lowest BCUT2D eigenvalue weighted by Crippen LogP contribution is -2.56. The standard InChI is InChI=1S/C25H34ClN7O.C24H32ClN7O.C24H31ClN6O2/c1-16(2)27-12-21(19-6-8-20(26)9-7-19)25(34)33-11-10-32(14-18(33)4)24-22-23(28-15-29-24)30-17(3)13-31(22)5;1-16(2)26-13-20(18-5-7-19(25)8-6-18)24(33)32-11-9-31(10-12-32)23-21-22(27-15-28-23)29-17(3)14-30(21)4;1-15(2)26-13-20(18-5-7-19(25)8-6-18)24(32)31-11-9-30(10-12-31)23-21-16(3)33-17(4)29-22(21)27-14-28-23/h6-9,15-16,18,21,27H,3,10-14H2,1-2,4-5H3,(H,28,29,30);5-8,15-16,20,26H,3,9-14H2,1-2,4H3,(H,27,28,29);5-8,14-16,20,26H,4,9-13H2,1-3H3,(H,27,28,29)/t18-,21+;20-;16?,20-/m011/s1. The Hall–Kier alpha value is -8.52.